The zero-order valence-corrected chi connectivity index (χ0v) is 5.56. The number of hydrogen-bond acceptors (Lipinski definition) is 4. The van der Waals surface area contributed by atoms with Crippen LogP contribution in [-0.2, 0) is 0 Å². The van der Waals surface area contributed by atoms with Gasteiger partial charge >= 0.3 is 12.1 Å². The molecule has 60 valence electrons. The van der Waals surface area contributed by atoms with Crippen LogP contribution in [0.1, 0.15) is 0 Å². The van der Waals surface area contributed by atoms with Crippen LogP contribution < -0.4 is 5.73 Å². The van der Waals surface area contributed by atoms with Crippen molar-refractivity contribution in [2.45, 2.75) is 0 Å². The van der Waals surface area contributed by atoms with E-state index in [0.29, 0.717) is 5.01 Å². The fourth-order valence-corrected chi connectivity index (χ4v) is 0.806. The van der Waals surface area contributed by atoms with Gasteiger partial charge in [0.2, 0.25) is 0 Å². The maximum atomic E-state index is 10.8. The van der Waals surface area contributed by atoms with Gasteiger partial charge in [-0.05, 0) is 0 Å². The molecule has 0 aromatic carbocycles. The summed E-state index contributed by atoms with van der Waals surface area (Å²) in [7, 11) is 0. The molecule has 0 aromatic rings. The van der Waals surface area contributed by atoms with Crippen LogP contribution in [0.2, 0.25) is 0 Å². The molecule has 0 aromatic heterocycles. The number of carbonyl (C=O) groups is 2. The molecule has 1 fully saturated rings. The second-order valence-corrected chi connectivity index (χ2v) is 1.98. The molecule has 4 amide bonds. The van der Waals surface area contributed by atoms with Gasteiger partial charge in [0.1, 0.15) is 0 Å². The molecule has 2 N–H and O–H groups in total. The lowest BCUT2D eigenvalue weighted by atomic mass is 10.6. The summed E-state index contributed by atoms with van der Waals surface area (Å²) in [5.41, 5.74) is 4.80. The van der Waals surface area contributed by atoms with Crippen molar-refractivity contribution in [3.05, 3.63) is 4.91 Å². The van der Waals surface area contributed by atoms with Gasteiger partial charge in [0, 0.05) is 0 Å². The first-order valence-electron chi connectivity index (χ1n) is 2.88. The average molecular weight is 158 g/mol. The first-order chi connectivity index (χ1) is 5.16. The van der Waals surface area contributed by atoms with Crippen molar-refractivity contribution in [3.8, 4) is 0 Å². The molecule has 0 bridgehead atoms. The Kier molecular flexibility index (Phi) is 1.71. The molecule has 1 aliphatic heterocycles. The van der Waals surface area contributed by atoms with E-state index < -0.39 is 12.1 Å². The summed E-state index contributed by atoms with van der Waals surface area (Å²) in [6.07, 6.45) is 0. The summed E-state index contributed by atoms with van der Waals surface area (Å²) in [6, 6.07) is -1.62. The number of nitrogens with two attached hydrogens (primary N) is 1. The number of amides is 4. The average Bonchev–Trinajstić information content (AvgIpc) is 2.30. The number of primary amides is 1. The van der Waals surface area contributed by atoms with E-state index in [9.17, 15) is 14.5 Å². The normalized spacial score (nSPS) is 17.3. The Morgan fingerprint density at radius 3 is 2.45 bits per heavy atom. The minimum absolute atomic E-state index is 0.116. The fraction of sp³-hybridized carbons (Fsp3) is 0.500. The van der Waals surface area contributed by atoms with Gasteiger partial charge in [-0.1, -0.05) is 0 Å². The SMILES string of the molecule is NC(=O)N1CCN(N=O)C1=O. The highest BCUT2D eigenvalue weighted by molar-refractivity contribution is 5.93. The van der Waals surface area contributed by atoms with E-state index in [-0.39, 0.29) is 13.1 Å². The quantitative estimate of drug-likeness (QED) is 0.520. The van der Waals surface area contributed by atoms with Crippen molar-refractivity contribution < 1.29 is 9.59 Å². The molecule has 0 saturated carbocycles. The molecule has 1 saturated heterocycles. The summed E-state index contributed by atoms with van der Waals surface area (Å²) >= 11 is 0. The summed E-state index contributed by atoms with van der Waals surface area (Å²) in [6.45, 7) is 0.241. The van der Waals surface area contributed by atoms with Gasteiger partial charge in [0.25, 0.3) is 0 Å². The zero-order valence-electron chi connectivity index (χ0n) is 5.56. The monoisotopic (exact) mass is 158 g/mol. The predicted octanol–water partition coefficient (Wildman–Crippen LogP) is -0.516. The number of imide groups is 1. The summed E-state index contributed by atoms with van der Waals surface area (Å²) in [5, 5.41) is 3.03. The summed E-state index contributed by atoms with van der Waals surface area (Å²) in [4.78, 5) is 31.9. The molecule has 1 rings (SSSR count). The van der Waals surface area contributed by atoms with E-state index >= 15 is 0 Å². The molecular weight excluding hydrogens is 152 g/mol. The largest absolute Gasteiger partial charge is 0.351 e. The predicted molar refractivity (Wildman–Crippen MR) is 34.2 cm³/mol. The highest BCUT2D eigenvalue weighted by atomic mass is 16.3. The van der Waals surface area contributed by atoms with Crippen LogP contribution in [0.5, 0.6) is 0 Å². The topological polar surface area (TPSA) is 96.1 Å². The van der Waals surface area contributed by atoms with E-state index in [4.69, 9.17) is 5.73 Å². The molecule has 1 aliphatic rings. The van der Waals surface area contributed by atoms with Crippen LogP contribution in [-0.4, -0.2) is 35.1 Å². The number of rotatable bonds is 1. The van der Waals surface area contributed by atoms with Gasteiger partial charge in [0.15, 0.2) is 0 Å². The van der Waals surface area contributed by atoms with Crippen molar-refractivity contribution in [1.82, 2.24) is 9.91 Å². The number of nitroso groups, excluding NO2 is 1. The Labute approximate surface area is 61.7 Å². The van der Waals surface area contributed by atoms with Crippen LogP contribution in [0.4, 0.5) is 9.59 Å². The molecule has 0 spiro atoms. The minimum atomic E-state index is -0.860. The van der Waals surface area contributed by atoms with Gasteiger partial charge < -0.3 is 5.73 Å². The molecule has 0 radical (unpaired) electrons. The van der Waals surface area contributed by atoms with Gasteiger partial charge in [-0.3, -0.25) is 0 Å². The van der Waals surface area contributed by atoms with Crippen LogP contribution in [0, 0.1) is 4.91 Å². The smallest absolute Gasteiger partial charge is 0.351 e. The second kappa shape index (κ2) is 2.52. The van der Waals surface area contributed by atoms with Crippen molar-refractivity contribution in [2.24, 2.45) is 11.0 Å². The zero-order chi connectivity index (χ0) is 8.43. The lowest BCUT2D eigenvalue weighted by molar-refractivity contribution is 0.189. The fourth-order valence-electron chi connectivity index (χ4n) is 0.806. The van der Waals surface area contributed by atoms with E-state index in [1.54, 1.807) is 0 Å². The van der Waals surface area contributed by atoms with E-state index in [2.05, 4.69) is 5.29 Å². The van der Waals surface area contributed by atoms with E-state index in [0.717, 1.165) is 4.90 Å². The molecule has 0 atom stereocenters. The molecule has 0 unspecified atom stereocenters. The molecular formula is C4H6N4O3. The lowest BCUT2D eigenvalue weighted by Gasteiger charge is -2.07. The van der Waals surface area contributed by atoms with Crippen LogP contribution in [0.3, 0.4) is 0 Å². The first kappa shape index (κ1) is 7.45. The third-order valence-corrected chi connectivity index (χ3v) is 1.35. The lowest BCUT2D eigenvalue weighted by Crippen LogP contribution is -2.38. The van der Waals surface area contributed by atoms with Crippen molar-refractivity contribution in [1.29, 1.82) is 0 Å². The number of urea groups is 2. The highest BCUT2D eigenvalue weighted by Crippen LogP contribution is 2.07. The highest BCUT2D eigenvalue weighted by Gasteiger charge is 2.32. The van der Waals surface area contributed by atoms with Crippen molar-refractivity contribution >= 4 is 12.1 Å². The second-order valence-electron chi connectivity index (χ2n) is 1.98. The third kappa shape index (κ3) is 1.11. The number of hydrogen-bond donors (Lipinski definition) is 1. The van der Waals surface area contributed by atoms with Crippen LogP contribution >= 0.6 is 0 Å². The minimum Gasteiger partial charge on any atom is -0.351 e. The first-order valence-corrected chi connectivity index (χ1v) is 2.88. The molecule has 11 heavy (non-hydrogen) atoms. The Morgan fingerprint density at radius 1 is 1.55 bits per heavy atom. The number of nitrogens with zero attached hydrogens (tertiary/aromatic N) is 3. The maximum Gasteiger partial charge on any atom is 0.351 e. The molecule has 7 nitrogen and oxygen atoms in total. The van der Waals surface area contributed by atoms with Gasteiger partial charge in [-0.15, -0.1) is 4.91 Å². The van der Waals surface area contributed by atoms with E-state index in [1.165, 1.54) is 0 Å². The summed E-state index contributed by atoms with van der Waals surface area (Å²) < 4.78 is 0. The van der Waals surface area contributed by atoms with Crippen LogP contribution in [0.25, 0.3) is 0 Å². The Morgan fingerprint density at radius 2 is 2.18 bits per heavy atom. The van der Waals surface area contributed by atoms with E-state index in [1.807, 2.05) is 0 Å². The van der Waals surface area contributed by atoms with Crippen molar-refractivity contribution in [2.75, 3.05) is 13.1 Å². The van der Waals surface area contributed by atoms with Gasteiger partial charge in [-0.2, -0.15) is 5.01 Å². The van der Waals surface area contributed by atoms with Gasteiger partial charge in [-0.25, -0.2) is 14.5 Å². The molecule has 1 heterocycles. The summed E-state index contributed by atoms with van der Waals surface area (Å²) in [5.74, 6) is 0. The Bertz CT molecular complexity index is 215. The van der Waals surface area contributed by atoms with Crippen molar-refractivity contribution in [3.63, 3.8) is 0 Å². The Hall–Kier alpha value is -1.66. The Balaban J connectivity index is 2.70. The standard InChI is InChI=1S/C4H6N4O3/c5-3(9)7-1-2-8(6-11)4(7)10/h1-2H2,(H2,5,9). The number of carbonyl (C=O) groups excluding carboxylic acids is 2. The van der Waals surface area contributed by atoms with Gasteiger partial charge in [0.05, 0.1) is 18.4 Å². The molecule has 7 heteroatoms. The maximum absolute atomic E-state index is 10.8. The van der Waals surface area contributed by atoms with Crippen LogP contribution in [0.15, 0.2) is 5.29 Å². The third-order valence-electron chi connectivity index (χ3n) is 1.35. The molecule has 0 aliphatic carbocycles.